The lowest BCUT2D eigenvalue weighted by molar-refractivity contribution is 0.504. The standard InChI is InChI=1S/C34H21O3P.H2S/c1-5-13-26-22(9-1)17-19-30-32(26)33-27-14-6-2-10-23(27)18-20-31(33)36-38(35-30)37-34-28-15-7-3-11-24(28)21-25-12-4-8-16-29(25)34;/h1-21H;1H2. The van der Waals surface area contributed by atoms with Crippen molar-refractivity contribution in [3.63, 3.8) is 0 Å². The van der Waals surface area contributed by atoms with Crippen LogP contribution in [0.5, 0.6) is 5.75 Å². The van der Waals surface area contributed by atoms with E-state index in [1.807, 2.05) is 36.4 Å². The van der Waals surface area contributed by atoms with Gasteiger partial charge in [0.2, 0.25) is 0 Å². The molecule has 0 N–H and O–H groups in total. The van der Waals surface area contributed by atoms with E-state index in [2.05, 4.69) is 91.0 Å². The van der Waals surface area contributed by atoms with Crippen molar-refractivity contribution in [2.45, 2.75) is 0 Å². The second-order valence-corrected chi connectivity index (χ2v) is 10.5. The highest BCUT2D eigenvalue weighted by atomic mass is 32.1. The van der Waals surface area contributed by atoms with Crippen LogP contribution in [0.1, 0.15) is 0 Å². The van der Waals surface area contributed by atoms with E-state index in [-0.39, 0.29) is 13.5 Å². The summed E-state index contributed by atoms with van der Waals surface area (Å²) in [5.41, 5.74) is 1.52. The van der Waals surface area contributed by atoms with E-state index < -0.39 is 8.24 Å². The van der Waals surface area contributed by atoms with Crippen LogP contribution in [-0.4, -0.2) is 0 Å². The molecule has 0 aliphatic carbocycles. The number of benzene rings is 7. The quantitative estimate of drug-likeness (QED) is 0.204. The van der Waals surface area contributed by atoms with Crippen molar-refractivity contribution in [1.82, 2.24) is 0 Å². The van der Waals surface area contributed by atoms with Crippen molar-refractivity contribution in [3.8, 4) is 5.75 Å². The van der Waals surface area contributed by atoms with Gasteiger partial charge in [-0.3, -0.25) is 0 Å². The Morgan fingerprint density at radius 2 is 0.846 bits per heavy atom. The van der Waals surface area contributed by atoms with Crippen LogP contribution in [-0.2, 0) is 0 Å². The van der Waals surface area contributed by atoms with Crippen LogP contribution in [0.25, 0.3) is 65.0 Å². The Kier molecular flexibility index (Phi) is 5.73. The van der Waals surface area contributed by atoms with Gasteiger partial charge in [-0.15, -0.1) is 0 Å². The smallest absolute Gasteiger partial charge is 0.390 e. The minimum absolute atomic E-state index is 0. The molecule has 0 radical (unpaired) electrons. The summed E-state index contributed by atoms with van der Waals surface area (Å²) in [6.07, 6.45) is 0. The first-order chi connectivity index (χ1) is 18.8. The zero-order chi connectivity index (χ0) is 25.1. The molecule has 1 aromatic heterocycles. The van der Waals surface area contributed by atoms with E-state index >= 15 is 0 Å². The second-order valence-electron chi connectivity index (χ2n) is 9.47. The third-order valence-electron chi connectivity index (χ3n) is 7.27. The monoisotopic (exact) mass is 542 g/mol. The lowest BCUT2D eigenvalue weighted by atomic mass is 9.99. The van der Waals surface area contributed by atoms with Crippen molar-refractivity contribution < 1.29 is 12.9 Å². The molecule has 0 atom stereocenters. The van der Waals surface area contributed by atoms with Crippen molar-refractivity contribution in [1.29, 1.82) is 0 Å². The minimum atomic E-state index is -1.81. The van der Waals surface area contributed by atoms with Gasteiger partial charge in [0, 0.05) is 21.5 Å². The minimum Gasteiger partial charge on any atom is -0.390 e. The molecule has 0 aliphatic rings. The molecule has 0 spiro atoms. The first-order valence-corrected chi connectivity index (χ1v) is 13.7. The molecule has 0 saturated carbocycles. The largest absolute Gasteiger partial charge is 0.453 e. The molecule has 0 unspecified atom stereocenters. The normalized spacial score (nSPS) is 11.4. The number of hydrogen-bond acceptors (Lipinski definition) is 3. The molecule has 0 amide bonds. The summed E-state index contributed by atoms with van der Waals surface area (Å²) < 4.78 is 20.0. The molecule has 0 bridgehead atoms. The maximum absolute atomic E-state index is 6.72. The highest BCUT2D eigenvalue weighted by molar-refractivity contribution is 7.59. The van der Waals surface area contributed by atoms with Gasteiger partial charge in [0.25, 0.3) is 0 Å². The van der Waals surface area contributed by atoms with Gasteiger partial charge < -0.3 is 12.9 Å². The summed E-state index contributed by atoms with van der Waals surface area (Å²) in [5, 5.41) is 10.9. The number of rotatable bonds is 2. The van der Waals surface area contributed by atoms with Gasteiger partial charge in [0.15, 0.2) is 5.75 Å². The highest BCUT2D eigenvalue weighted by Crippen LogP contribution is 2.45. The summed E-state index contributed by atoms with van der Waals surface area (Å²) in [6.45, 7) is 0. The topological polar surface area (TPSA) is 35.5 Å². The average Bonchev–Trinajstić information content (AvgIpc) is 3.13. The van der Waals surface area contributed by atoms with Gasteiger partial charge in [0.05, 0.1) is 0 Å². The van der Waals surface area contributed by atoms with Gasteiger partial charge in [0.1, 0.15) is 11.2 Å². The molecular formula is C34H23O3PS. The Morgan fingerprint density at radius 1 is 0.436 bits per heavy atom. The molecule has 1 heterocycles. The average molecular weight is 543 g/mol. The Morgan fingerprint density at radius 3 is 1.33 bits per heavy atom. The van der Waals surface area contributed by atoms with Crippen LogP contribution in [0.4, 0.5) is 0 Å². The van der Waals surface area contributed by atoms with Crippen LogP contribution in [0.2, 0.25) is 0 Å². The van der Waals surface area contributed by atoms with Crippen LogP contribution in [0.3, 0.4) is 0 Å². The zero-order valence-corrected chi connectivity index (χ0v) is 22.7. The third kappa shape index (κ3) is 3.84. The van der Waals surface area contributed by atoms with Crippen LogP contribution in [0.15, 0.2) is 136 Å². The van der Waals surface area contributed by atoms with Gasteiger partial charge >= 0.3 is 8.24 Å². The Hall–Kier alpha value is -4.37. The summed E-state index contributed by atoms with van der Waals surface area (Å²) in [6, 6.07) is 43.9. The third-order valence-corrected chi connectivity index (χ3v) is 8.29. The molecule has 0 saturated heterocycles. The van der Waals surface area contributed by atoms with Crippen LogP contribution >= 0.6 is 21.7 Å². The van der Waals surface area contributed by atoms with E-state index in [1.54, 1.807) is 0 Å². The fourth-order valence-electron chi connectivity index (χ4n) is 5.53. The molecule has 0 fully saturated rings. The molecule has 5 heteroatoms. The van der Waals surface area contributed by atoms with Crippen molar-refractivity contribution in [2.75, 3.05) is 0 Å². The Labute approximate surface area is 232 Å². The van der Waals surface area contributed by atoms with Gasteiger partial charge in [-0.1, -0.05) is 109 Å². The van der Waals surface area contributed by atoms with E-state index in [0.29, 0.717) is 0 Å². The van der Waals surface area contributed by atoms with Crippen LogP contribution in [0, 0.1) is 0 Å². The molecule has 8 aromatic rings. The predicted molar refractivity (Wildman–Crippen MR) is 169 cm³/mol. The first-order valence-electron chi connectivity index (χ1n) is 12.6. The summed E-state index contributed by atoms with van der Waals surface area (Å²) in [5.74, 6) is 0.774. The first kappa shape index (κ1) is 23.7. The van der Waals surface area contributed by atoms with E-state index in [4.69, 9.17) is 12.9 Å². The fourth-order valence-corrected chi connectivity index (χ4v) is 6.62. The molecular weight excluding hydrogens is 519 g/mol. The number of fused-ring (bicyclic) bond motifs is 9. The summed E-state index contributed by atoms with van der Waals surface area (Å²) in [7, 11) is -1.81. The Bertz CT molecular complexity index is 2080. The molecule has 188 valence electrons. The fraction of sp³-hybridized carbons (Fsp3) is 0. The van der Waals surface area contributed by atoms with E-state index in [1.165, 1.54) is 0 Å². The van der Waals surface area contributed by atoms with E-state index in [9.17, 15) is 0 Å². The summed E-state index contributed by atoms with van der Waals surface area (Å²) in [4.78, 5) is 0. The zero-order valence-electron chi connectivity index (χ0n) is 20.8. The lowest BCUT2D eigenvalue weighted by Gasteiger charge is -2.10. The molecule has 7 aromatic carbocycles. The number of hydrogen-bond donors (Lipinski definition) is 0. The molecule has 39 heavy (non-hydrogen) atoms. The maximum Gasteiger partial charge on any atom is 0.453 e. The predicted octanol–water partition coefficient (Wildman–Crippen LogP) is 10.9. The SMILES string of the molecule is S.c1ccc2c(Op3oc4ccc5ccccc5c4c4c(ccc5ccccc54)o3)c3ccccc3cc2c1. The lowest BCUT2D eigenvalue weighted by Crippen LogP contribution is -1.85. The van der Waals surface area contributed by atoms with Crippen molar-refractivity contribution in [2.24, 2.45) is 0 Å². The van der Waals surface area contributed by atoms with Crippen molar-refractivity contribution in [3.05, 3.63) is 127 Å². The van der Waals surface area contributed by atoms with E-state index in [0.717, 1.165) is 70.8 Å². The van der Waals surface area contributed by atoms with Gasteiger partial charge in [-0.05, 0) is 50.5 Å². The highest BCUT2D eigenvalue weighted by Gasteiger charge is 2.16. The maximum atomic E-state index is 6.72. The van der Waals surface area contributed by atoms with Crippen molar-refractivity contribution >= 4 is 86.8 Å². The second kappa shape index (κ2) is 9.43. The van der Waals surface area contributed by atoms with Crippen LogP contribution < -0.4 is 4.52 Å². The molecule has 3 nitrogen and oxygen atoms in total. The molecule has 0 aliphatic heterocycles. The summed E-state index contributed by atoms with van der Waals surface area (Å²) >= 11 is 0. The van der Waals surface area contributed by atoms with Gasteiger partial charge in [-0.25, -0.2) is 0 Å². The molecule has 8 rings (SSSR count). The Balaban J connectivity index is 0.00000253. The van der Waals surface area contributed by atoms with Gasteiger partial charge in [-0.2, -0.15) is 13.5 Å².